The van der Waals surface area contributed by atoms with Gasteiger partial charge in [0.1, 0.15) is 11.4 Å². The van der Waals surface area contributed by atoms with Gasteiger partial charge in [-0.25, -0.2) is 14.5 Å². The van der Waals surface area contributed by atoms with Gasteiger partial charge < -0.3 is 11.1 Å². The number of amides is 1. The Morgan fingerprint density at radius 2 is 2.00 bits per heavy atom. The van der Waals surface area contributed by atoms with Crippen molar-refractivity contribution < 1.29 is 11.6 Å². The van der Waals surface area contributed by atoms with Crippen molar-refractivity contribution in [2.24, 2.45) is 7.05 Å². The lowest BCUT2D eigenvalue weighted by atomic mass is 10.1. The van der Waals surface area contributed by atoms with E-state index in [-0.39, 0.29) is 33.8 Å². The fourth-order valence-electron chi connectivity index (χ4n) is 4.29. The molecule has 0 spiro atoms. The number of nitrogens with zero attached hydrogens (tertiary/aromatic N) is 7. The van der Waals surface area contributed by atoms with E-state index in [1.165, 1.54) is 10.7 Å². The lowest BCUT2D eigenvalue weighted by Gasteiger charge is -2.20. The van der Waals surface area contributed by atoms with Gasteiger partial charge in [0.15, 0.2) is 11.5 Å². The quantitative estimate of drug-likeness (QED) is 0.332. The number of aryl methyl sites for hydroxylation is 1. The molecule has 196 valence electrons. The highest BCUT2D eigenvalue weighted by Crippen LogP contribution is 2.22. The number of rotatable bonds is 4. The Bertz CT molecular complexity index is 2290. The molecule has 0 aliphatic rings. The standard InChI is InChI=1S/C29H23N9O2/c1-18(33-28(39)24-25(30)35-37-15-7-14-31-27(24)37)26-34-22-11-6-8-20(13-12-19-16-32-36(2)17-19)23(22)29(40)38(26)21-9-4-3-5-10-21/h3-11,14-18H,1-2H3,(H2,30,35)(H,33,39)/t18-/m1/s1/i3D,4D,5D,9D,10D. The predicted octanol–water partition coefficient (Wildman–Crippen LogP) is 2.63. The Kier molecular flexibility index (Phi) is 4.76. The van der Waals surface area contributed by atoms with Crippen LogP contribution >= 0.6 is 0 Å². The van der Waals surface area contributed by atoms with E-state index in [1.54, 1.807) is 61.5 Å². The van der Waals surface area contributed by atoms with Crippen molar-refractivity contribution in [1.29, 1.82) is 0 Å². The van der Waals surface area contributed by atoms with Gasteiger partial charge >= 0.3 is 0 Å². The van der Waals surface area contributed by atoms with Gasteiger partial charge in [0.25, 0.3) is 11.5 Å². The number of benzene rings is 2. The monoisotopic (exact) mass is 534 g/mol. The van der Waals surface area contributed by atoms with Crippen molar-refractivity contribution in [2.75, 3.05) is 5.73 Å². The van der Waals surface area contributed by atoms with Crippen molar-refractivity contribution >= 4 is 28.3 Å². The largest absolute Gasteiger partial charge is 0.381 e. The first-order valence-electron chi connectivity index (χ1n) is 14.5. The maximum Gasteiger partial charge on any atom is 0.267 e. The van der Waals surface area contributed by atoms with E-state index in [1.807, 2.05) is 0 Å². The van der Waals surface area contributed by atoms with E-state index < -0.39 is 53.4 Å². The number of fused-ring (bicyclic) bond motifs is 2. The SMILES string of the molecule is [2H]c1c([2H])c([2H])c(-n2c([C@@H](C)NC(=O)c3c(N)nn4cccnc34)nc3cccc(C#Cc4cnn(C)c4)c3c2=O)c([2H])c1[2H]. The molecule has 0 fully saturated rings. The smallest absolute Gasteiger partial charge is 0.267 e. The fourth-order valence-corrected chi connectivity index (χ4v) is 4.29. The Morgan fingerprint density at radius 1 is 1.18 bits per heavy atom. The molecule has 1 amide bonds. The van der Waals surface area contributed by atoms with Crippen LogP contribution in [0.15, 0.2) is 84.1 Å². The van der Waals surface area contributed by atoms with E-state index in [4.69, 9.17) is 12.6 Å². The van der Waals surface area contributed by atoms with Gasteiger partial charge in [-0.15, -0.1) is 5.10 Å². The molecular formula is C29H23N9O2. The first kappa shape index (κ1) is 19.3. The second-order valence-corrected chi connectivity index (χ2v) is 8.78. The average Bonchev–Trinajstić information content (AvgIpc) is 3.60. The first-order valence-corrected chi connectivity index (χ1v) is 12.0. The number of carbonyl (C=O) groups excluding carboxylic acids is 1. The van der Waals surface area contributed by atoms with Crippen LogP contribution in [0.3, 0.4) is 0 Å². The lowest BCUT2D eigenvalue weighted by molar-refractivity contribution is 0.0940. The van der Waals surface area contributed by atoms with Crippen molar-refractivity contribution in [3.63, 3.8) is 0 Å². The van der Waals surface area contributed by atoms with E-state index in [9.17, 15) is 9.59 Å². The van der Waals surface area contributed by atoms with Crippen molar-refractivity contribution in [1.82, 2.24) is 39.2 Å². The lowest BCUT2D eigenvalue weighted by Crippen LogP contribution is -2.33. The zero-order chi connectivity index (χ0) is 32.2. The Hall–Kier alpha value is -5.76. The number of para-hydroxylation sites is 1. The molecule has 0 unspecified atom stereocenters. The van der Waals surface area contributed by atoms with Gasteiger partial charge in [-0.2, -0.15) is 5.10 Å². The highest BCUT2D eigenvalue weighted by atomic mass is 16.2. The van der Waals surface area contributed by atoms with Crippen molar-refractivity contribution in [2.45, 2.75) is 13.0 Å². The average molecular weight is 535 g/mol. The second kappa shape index (κ2) is 9.85. The highest BCUT2D eigenvalue weighted by molar-refractivity contribution is 6.04. The second-order valence-electron chi connectivity index (χ2n) is 8.78. The molecule has 6 rings (SSSR count). The topological polar surface area (TPSA) is 138 Å². The number of hydrogen-bond acceptors (Lipinski definition) is 7. The molecule has 0 saturated carbocycles. The van der Waals surface area contributed by atoms with Crippen LogP contribution in [0.25, 0.3) is 22.2 Å². The summed E-state index contributed by atoms with van der Waals surface area (Å²) in [4.78, 5) is 36.8. The number of aromatic nitrogens is 7. The van der Waals surface area contributed by atoms with E-state index in [2.05, 4.69) is 37.3 Å². The molecule has 11 nitrogen and oxygen atoms in total. The van der Waals surface area contributed by atoms with Gasteiger partial charge in [0.05, 0.1) is 41.2 Å². The number of carbonyl (C=O) groups is 1. The summed E-state index contributed by atoms with van der Waals surface area (Å²) in [6.45, 7) is 1.54. The third-order valence-corrected chi connectivity index (χ3v) is 6.06. The van der Waals surface area contributed by atoms with Crippen LogP contribution in [-0.2, 0) is 7.05 Å². The molecule has 0 aliphatic heterocycles. The molecule has 6 aromatic rings. The summed E-state index contributed by atoms with van der Waals surface area (Å²) in [6, 6.07) is 2.28. The zero-order valence-corrected chi connectivity index (χ0v) is 21.2. The number of nitrogens with two attached hydrogens (primary N) is 1. The van der Waals surface area contributed by atoms with Crippen LogP contribution < -0.4 is 16.6 Å². The molecule has 1 atom stereocenters. The summed E-state index contributed by atoms with van der Waals surface area (Å²) < 4.78 is 45.6. The Balaban J connectivity index is 1.58. The maximum absolute atomic E-state index is 14.4. The Morgan fingerprint density at radius 3 is 2.77 bits per heavy atom. The minimum atomic E-state index is -1.05. The third kappa shape index (κ3) is 4.33. The van der Waals surface area contributed by atoms with E-state index in [0.717, 1.165) is 4.57 Å². The molecular weight excluding hydrogens is 506 g/mol. The van der Waals surface area contributed by atoms with Gasteiger partial charge in [0.2, 0.25) is 0 Å². The van der Waals surface area contributed by atoms with E-state index in [0.29, 0.717) is 11.1 Å². The van der Waals surface area contributed by atoms with Gasteiger partial charge in [0, 0.05) is 31.2 Å². The van der Waals surface area contributed by atoms with Gasteiger partial charge in [-0.3, -0.25) is 18.8 Å². The molecule has 4 heterocycles. The summed E-state index contributed by atoms with van der Waals surface area (Å²) in [5.41, 5.74) is 6.16. The summed E-state index contributed by atoms with van der Waals surface area (Å²) in [7, 11) is 1.74. The van der Waals surface area contributed by atoms with Crippen LogP contribution in [0.2, 0.25) is 0 Å². The Labute approximate surface area is 234 Å². The molecule has 0 radical (unpaired) electrons. The maximum atomic E-state index is 14.4. The minimum Gasteiger partial charge on any atom is -0.381 e. The molecule has 0 aliphatic carbocycles. The number of nitrogen functional groups attached to an aromatic ring is 1. The van der Waals surface area contributed by atoms with Crippen LogP contribution in [0, 0.1) is 11.8 Å². The van der Waals surface area contributed by atoms with Crippen LogP contribution in [0.5, 0.6) is 0 Å². The first-order chi connectivity index (χ1) is 21.5. The predicted molar refractivity (Wildman–Crippen MR) is 150 cm³/mol. The molecule has 0 saturated heterocycles. The van der Waals surface area contributed by atoms with Crippen LogP contribution in [0.4, 0.5) is 5.82 Å². The van der Waals surface area contributed by atoms with Crippen LogP contribution in [0.1, 0.15) is 47.1 Å². The van der Waals surface area contributed by atoms with Gasteiger partial charge in [-0.05, 0) is 37.2 Å². The molecule has 11 heteroatoms. The number of hydrogen-bond donors (Lipinski definition) is 2. The molecule has 40 heavy (non-hydrogen) atoms. The minimum absolute atomic E-state index is 0.00657. The normalized spacial score (nSPS) is 13.5. The summed E-state index contributed by atoms with van der Waals surface area (Å²) >= 11 is 0. The molecule has 3 N–H and O–H groups in total. The fraction of sp³-hybridized carbons (Fsp3) is 0.103. The van der Waals surface area contributed by atoms with Gasteiger partial charge in [-0.1, -0.05) is 36.0 Å². The summed E-state index contributed by atoms with van der Waals surface area (Å²) in [5.74, 6) is 5.07. The summed E-state index contributed by atoms with van der Waals surface area (Å²) in [5, 5.41) is 11.0. The zero-order valence-electron chi connectivity index (χ0n) is 26.2. The van der Waals surface area contributed by atoms with Crippen molar-refractivity contribution in [3.8, 4) is 17.5 Å². The summed E-state index contributed by atoms with van der Waals surface area (Å²) in [6.07, 6.45) is 6.33. The highest BCUT2D eigenvalue weighted by Gasteiger charge is 2.24. The molecule has 4 aromatic heterocycles. The molecule has 0 bridgehead atoms. The number of anilines is 1. The van der Waals surface area contributed by atoms with E-state index >= 15 is 0 Å². The van der Waals surface area contributed by atoms with Crippen molar-refractivity contribution in [3.05, 3.63) is 112 Å². The number of nitrogens with one attached hydrogen (secondary N) is 1. The van der Waals surface area contributed by atoms with Crippen LogP contribution in [-0.4, -0.2) is 39.8 Å². The third-order valence-electron chi connectivity index (χ3n) is 6.06. The molecule has 2 aromatic carbocycles.